The SMILES string of the molecule is Cl.O[C@H]1CNCC[C@H]1Nc1ccc2ncc(-c3ccc(C(F)(F)F)s3)n2n1. The van der Waals surface area contributed by atoms with Crippen molar-refractivity contribution < 1.29 is 18.3 Å². The Morgan fingerprint density at radius 1 is 1.26 bits per heavy atom. The third kappa shape index (κ3) is 4.03. The van der Waals surface area contributed by atoms with Crippen molar-refractivity contribution in [3.05, 3.63) is 35.3 Å². The van der Waals surface area contributed by atoms with Crippen LogP contribution in [0.5, 0.6) is 0 Å². The summed E-state index contributed by atoms with van der Waals surface area (Å²) in [7, 11) is 0. The normalized spacial score (nSPS) is 20.4. The number of nitrogens with zero attached hydrogens (tertiary/aromatic N) is 3. The van der Waals surface area contributed by atoms with Gasteiger partial charge in [0.05, 0.1) is 23.2 Å². The summed E-state index contributed by atoms with van der Waals surface area (Å²) in [6, 6.07) is 5.84. The number of anilines is 1. The number of alkyl halides is 3. The lowest BCUT2D eigenvalue weighted by Gasteiger charge is -2.29. The standard InChI is InChI=1S/C16H16F3N5OS.ClH/c17-16(18,19)13-2-1-12(26-13)10-7-21-15-4-3-14(23-24(10)15)22-9-5-6-20-8-11(9)25;/h1-4,7,9,11,20,25H,5-6,8H2,(H,22,23);1H/t9-,11+;/m1./s1. The molecule has 27 heavy (non-hydrogen) atoms. The Kier molecular flexibility index (Phi) is 5.61. The molecule has 0 aromatic carbocycles. The molecule has 0 saturated carbocycles. The van der Waals surface area contributed by atoms with Crippen LogP contribution in [0.1, 0.15) is 11.3 Å². The van der Waals surface area contributed by atoms with E-state index < -0.39 is 17.2 Å². The van der Waals surface area contributed by atoms with Crippen LogP contribution < -0.4 is 10.6 Å². The van der Waals surface area contributed by atoms with Crippen molar-refractivity contribution in [3.63, 3.8) is 0 Å². The van der Waals surface area contributed by atoms with E-state index in [1.807, 2.05) is 0 Å². The Labute approximate surface area is 162 Å². The second-order valence-corrected chi connectivity index (χ2v) is 7.19. The van der Waals surface area contributed by atoms with Crippen LogP contribution in [0.15, 0.2) is 30.5 Å². The van der Waals surface area contributed by atoms with Gasteiger partial charge in [-0.25, -0.2) is 9.50 Å². The van der Waals surface area contributed by atoms with Gasteiger partial charge in [0.25, 0.3) is 0 Å². The second kappa shape index (κ2) is 7.63. The first-order valence-corrected chi connectivity index (χ1v) is 8.91. The Morgan fingerprint density at radius 3 is 2.78 bits per heavy atom. The highest BCUT2D eigenvalue weighted by Gasteiger charge is 2.32. The molecule has 0 unspecified atom stereocenters. The summed E-state index contributed by atoms with van der Waals surface area (Å²) in [4.78, 5) is 3.99. The van der Waals surface area contributed by atoms with Crippen LogP contribution in [0.4, 0.5) is 19.0 Å². The molecule has 3 aromatic heterocycles. The van der Waals surface area contributed by atoms with Crippen molar-refractivity contribution in [1.82, 2.24) is 19.9 Å². The maximum atomic E-state index is 12.9. The lowest BCUT2D eigenvalue weighted by Crippen LogP contribution is -2.47. The molecule has 146 valence electrons. The number of nitrogens with one attached hydrogen (secondary N) is 2. The molecule has 0 amide bonds. The van der Waals surface area contributed by atoms with Gasteiger partial charge in [-0.05, 0) is 37.2 Å². The molecule has 1 fully saturated rings. The summed E-state index contributed by atoms with van der Waals surface area (Å²) < 4.78 is 40.1. The molecule has 0 bridgehead atoms. The minimum absolute atomic E-state index is 0. The van der Waals surface area contributed by atoms with Crippen molar-refractivity contribution >= 4 is 35.2 Å². The number of thiophene rings is 1. The number of hydrogen-bond acceptors (Lipinski definition) is 6. The molecular formula is C16H17ClF3N5OS. The van der Waals surface area contributed by atoms with Crippen molar-refractivity contribution in [2.24, 2.45) is 0 Å². The molecule has 2 atom stereocenters. The molecule has 3 aromatic rings. The van der Waals surface area contributed by atoms with Gasteiger partial charge in [0, 0.05) is 6.54 Å². The zero-order chi connectivity index (χ0) is 18.3. The van der Waals surface area contributed by atoms with Gasteiger partial charge < -0.3 is 15.7 Å². The lowest BCUT2D eigenvalue weighted by molar-refractivity contribution is -0.134. The number of aliphatic hydroxyl groups excluding tert-OH is 1. The highest BCUT2D eigenvalue weighted by molar-refractivity contribution is 7.15. The largest absolute Gasteiger partial charge is 0.425 e. The number of aliphatic hydroxyl groups is 1. The van der Waals surface area contributed by atoms with Gasteiger partial charge in [-0.3, -0.25) is 0 Å². The van der Waals surface area contributed by atoms with Gasteiger partial charge in [-0.2, -0.15) is 13.2 Å². The van der Waals surface area contributed by atoms with Crippen molar-refractivity contribution in [3.8, 4) is 10.6 Å². The fourth-order valence-electron chi connectivity index (χ4n) is 2.95. The summed E-state index contributed by atoms with van der Waals surface area (Å²) in [6.07, 6.45) is -2.64. The minimum Gasteiger partial charge on any atom is -0.390 e. The van der Waals surface area contributed by atoms with E-state index in [1.165, 1.54) is 16.8 Å². The zero-order valence-corrected chi connectivity index (χ0v) is 15.5. The van der Waals surface area contributed by atoms with E-state index in [2.05, 4.69) is 20.7 Å². The molecule has 6 nitrogen and oxygen atoms in total. The molecule has 0 spiro atoms. The monoisotopic (exact) mass is 419 g/mol. The van der Waals surface area contributed by atoms with Crippen molar-refractivity contribution in [1.29, 1.82) is 0 Å². The summed E-state index contributed by atoms with van der Waals surface area (Å²) in [5.41, 5.74) is 1.04. The fraction of sp³-hybridized carbons (Fsp3) is 0.375. The Bertz CT molecular complexity index is 928. The average Bonchev–Trinajstić information content (AvgIpc) is 3.22. The smallest absolute Gasteiger partial charge is 0.390 e. The number of piperidine rings is 1. The van der Waals surface area contributed by atoms with Crippen LogP contribution in [0.25, 0.3) is 16.2 Å². The van der Waals surface area contributed by atoms with E-state index >= 15 is 0 Å². The zero-order valence-electron chi connectivity index (χ0n) is 13.9. The Morgan fingerprint density at radius 2 is 2.07 bits per heavy atom. The Hall–Kier alpha value is -1.88. The number of β-amino-alcohol motifs (C(OH)–C–C–N with tert-alkyl or cyclic N) is 1. The molecule has 1 saturated heterocycles. The number of rotatable bonds is 3. The third-order valence-electron chi connectivity index (χ3n) is 4.28. The van der Waals surface area contributed by atoms with E-state index in [0.29, 0.717) is 39.9 Å². The molecule has 1 aliphatic heterocycles. The number of fused-ring (bicyclic) bond motifs is 1. The van der Waals surface area contributed by atoms with Crippen molar-refractivity contribution in [2.75, 3.05) is 18.4 Å². The molecule has 4 heterocycles. The summed E-state index contributed by atoms with van der Waals surface area (Å²) in [5, 5.41) is 20.8. The van der Waals surface area contributed by atoms with Gasteiger partial charge in [0.15, 0.2) is 5.65 Å². The Balaban J connectivity index is 0.00000210. The van der Waals surface area contributed by atoms with Crippen LogP contribution in [-0.2, 0) is 6.18 Å². The van der Waals surface area contributed by atoms with E-state index in [1.54, 1.807) is 12.1 Å². The number of halogens is 4. The molecule has 0 aliphatic carbocycles. The van der Waals surface area contributed by atoms with Gasteiger partial charge in [0.1, 0.15) is 16.4 Å². The summed E-state index contributed by atoms with van der Waals surface area (Å²) >= 11 is 0.660. The molecule has 1 aliphatic rings. The number of hydrogen-bond donors (Lipinski definition) is 3. The minimum atomic E-state index is -4.37. The summed E-state index contributed by atoms with van der Waals surface area (Å²) in [5.74, 6) is 0.537. The predicted octanol–water partition coefficient (Wildman–Crippen LogP) is 3.03. The van der Waals surface area contributed by atoms with E-state index in [-0.39, 0.29) is 18.4 Å². The van der Waals surface area contributed by atoms with E-state index in [9.17, 15) is 18.3 Å². The first-order valence-electron chi connectivity index (χ1n) is 8.09. The molecule has 11 heteroatoms. The van der Waals surface area contributed by atoms with Gasteiger partial charge >= 0.3 is 6.18 Å². The first-order chi connectivity index (χ1) is 12.4. The quantitative estimate of drug-likeness (QED) is 0.608. The van der Waals surface area contributed by atoms with E-state index in [4.69, 9.17) is 0 Å². The average molecular weight is 420 g/mol. The molecule has 3 N–H and O–H groups in total. The number of aromatic nitrogens is 3. The van der Waals surface area contributed by atoms with Crippen LogP contribution >= 0.6 is 23.7 Å². The molecule has 0 radical (unpaired) electrons. The highest BCUT2D eigenvalue weighted by Crippen LogP contribution is 2.38. The topological polar surface area (TPSA) is 74.5 Å². The first kappa shape index (κ1) is 19.9. The predicted molar refractivity (Wildman–Crippen MR) is 99.5 cm³/mol. The van der Waals surface area contributed by atoms with Crippen LogP contribution in [0, 0.1) is 0 Å². The number of imidazole rings is 1. The van der Waals surface area contributed by atoms with Crippen LogP contribution in [-0.4, -0.2) is 44.9 Å². The third-order valence-corrected chi connectivity index (χ3v) is 5.44. The van der Waals surface area contributed by atoms with E-state index in [0.717, 1.165) is 19.0 Å². The maximum absolute atomic E-state index is 12.9. The van der Waals surface area contributed by atoms with Crippen LogP contribution in [0.2, 0.25) is 0 Å². The molecular weight excluding hydrogens is 403 g/mol. The maximum Gasteiger partial charge on any atom is 0.425 e. The molecule has 4 rings (SSSR count). The lowest BCUT2D eigenvalue weighted by atomic mass is 10.0. The fourth-order valence-corrected chi connectivity index (χ4v) is 3.82. The second-order valence-electron chi connectivity index (χ2n) is 6.10. The van der Waals surface area contributed by atoms with Crippen molar-refractivity contribution in [2.45, 2.75) is 24.7 Å². The highest BCUT2D eigenvalue weighted by atomic mass is 35.5. The van der Waals surface area contributed by atoms with Crippen LogP contribution in [0.3, 0.4) is 0 Å². The van der Waals surface area contributed by atoms with Gasteiger partial charge in [-0.15, -0.1) is 28.8 Å². The van der Waals surface area contributed by atoms with Gasteiger partial charge in [0.2, 0.25) is 0 Å². The van der Waals surface area contributed by atoms with Gasteiger partial charge in [-0.1, -0.05) is 0 Å². The summed E-state index contributed by atoms with van der Waals surface area (Å²) in [6.45, 7) is 1.30.